The summed E-state index contributed by atoms with van der Waals surface area (Å²) in [5, 5.41) is 29.8. The van der Waals surface area contributed by atoms with Crippen LogP contribution in [0.15, 0.2) is 91.0 Å². The summed E-state index contributed by atoms with van der Waals surface area (Å²) in [6.45, 7) is 1.39. The van der Waals surface area contributed by atoms with Gasteiger partial charge in [0.05, 0.1) is 49.4 Å². The highest BCUT2D eigenvalue weighted by Crippen LogP contribution is 2.57. The van der Waals surface area contributed by atoms with E-state index in [1.807, 2.05) is 12.1 Å². The Kier molecular flexibility index (Phi) is 8.57. The zero-order valence-electron chi connectivity index (χ0n) is 25.1. The van der Waals surface area contributed by atoms with Gasteiger partial charge in [0.25, 0.3) is 5.91 Å². The minimum absolute atomic E-state index is 0.0186. The lowest BCUT2D eigenvalue weighted by Crippen LogP contribution is -2.54. The molecule has 4 atom stereocenters. The van der Waals surface area contributed by atoms with Gasteiger partial charge in [-0.3, -0.25) is 9.59 Å². The van der Waals surface area contributed by atoms with E-state index < -0.39 is 46.9 Å². The fraction of sp³-hybridized carbons (Fsp3) is 0.194. The summed E-state index contributed by atoms with van der Waals surface area (Å²) in [7, 11) is 2.88. The number of ketones is 1. The second-order valence-corrected chi connectivity index (χ2v) is 11.0. The number of methoxy groups -OCH3 is 2. The number of Topliss-reactive ketones (excluding diaryl/α,β-unsaturated/α-hetero) is 1. The fourth-order valence-electron chi connectivity index (χ4n) is 6.32. The van der Waals surface area contributed by atoms with Crippen molar-refractivity contribution in [1.29, 1.82) is 10.5 Å². The monoisotopic (exact) mass is 617 g/mol. The van der Waals surface area contributed by atoms with E-state index in [2.05, 4.69) is 0 Å². The van der Waals surface area contributed by atoms with Gasteiger partial charge in [-0.05, 0) is 78.7 Å². The van der Waals surface area contributed by atoms with Crippen molar-refractivity contribution in [2.45, 2.75) is 24.4 Å². The molecule has 1 amide bonds. The first-order valence-electron chi connectivity index (χ1n) is 14.2. The summed E-state index contributed by atoms with van der Waals surface area (Å²) in [5.74, 6) is -4.85. The molecule has 0 aliphatic carbocycles. The lowest BCUT2D eigenvalue weighted by atomic mass is 9.71. The molecule has 230 valence electrons. The number of rotatable bonds is 8. The number of nitrogens with zero attached hydrogens (tertiary/aromatic N) is 3. The number of hydrogen-bond donors (Lipinski definition) is 1. The molecule has 46 heavy (non-hydrogen) atoms. The van der Waals surface area contributed by atoms with E-state index in [4.69, 9.17) is 9.47 Å². The fourth-order valence-corrected chi connectivity index (χ4v) is 6.32. The van der Waals surface area contributed by atoms with Gasteiger partial charge in [-0.25, -0.2) is 9.18 Å². The number of likely N-dealkylation sites (tertiary alicyclic amines) is 1. The Balaban J connectivity index is 1.84. The maximum Gasteiger partial charge on any atom is 0.330 e. The molecule has 5 rings (SSSR count). The van der Waals surface area contributed by atoms with Crippen LogP contribution in [-0.4, -0.2) is 47.4 Å². The average molecular weight is 618 g/mol. The zero-order valence-corrected chi connectivity index (χ0v) is 25.1. The summed E-state index contributed by atoms with van der Waals surface area (Å²) < 4.78 is 24.8. The standard InChI is InChI=1S/C36H28FN3O6/c1-36(35(43)44)31(26-14-17-28(45-2)29(18-26)46-3)30(33(41)24-10-6-22(20-39)7-11-24)32(23-8-4-21(19-38)5-9-23)40(36)34(42)25-12-15-27(37)16-13-25/h4-18,30-32H,1-3H3,(H,43,44). The van der Waals surface area contributed by atoms with Gasteiger partial charge < -0.3 is 19.5 Å². The number of halogens is 1. The van der Waals surface area contributed by atoms with Crippen LogP contribution in [0.2, 0.25) is 0 Å². The zero-order chi connectivity index (χ0) is 33.2. The second kappa shape index (κ2) is 12.5. The van der Waals surface area contributed by atoms with Crippen molar-refractivity contribution in [2.24, 2.45) is 5.92 Å². The Morgan fingerprint density at radius 2 is 1.30 bits per heavy atom. The van der Waals surface area contributed by atoms with Crippen LogP contribution in [-0.2, 0) is 4.79 Å². The van der Waals surface area contributed by atoms with E-state index in [-0.39, 0.29) is 16.9 Å². The summed E-state index contributed by atoms with van der Waals surface area (Å²) in [6, 6.07) is 24.6. The van der Waals surface area contributed by atoms with Crippen LogP contribution < -0.4 is 9.47 Å². The van der Waals surface area contributed by atoms with Crippen LogP contribution in [0.5, 0.6) is 11.5 Å². The van der Waals surface area contributed by atoms with Gasteiger partial charge in [-0.2, -0.15) is 10.5 Å². The number of aliphatic carboxylic acids is 1. The van der Waals surface area contributed by atoms with E-state index in [0.29, 0.717) is 28.0 Å². The van der Waals surface area contributed by atoms with E-state index in [9.17, 15) is 34.4 Å². The first kappa shape index (κ1) is 31.4. The Labute approximate surface area is 264 Å². The molecule has 9 nitrogen and oxygen atoms in total. The highest BCUT2D eigenvalue weighted by Gasteiger charge is 2.65. The number of benzene rings is 4. The number of carboxylic acids is 1. The molecule has 4 aromatic rings. The smallest absolute Gasteiger partial charge is 0.330 e. The van der Waals surface area contributed by atoms with E-state index in [0.717, 1.165) is 12.1 Å². The summed E-state index contributed by atoms with van der Waals surface area (Å²) in [6.07, 6.45) is 0. The molecule has 1 N–H and O–H groups in total. The molecule has 1 aliphatic heterocycles. The minimum atomic E-state index is -2.05. The van der Waals surface area contributed by atoms with Gasteiger partial charge in [0.1, 0.15) is 11.4 Å². The predicted molar refractivity (Wildman–Crippen MR) is 164 cm³/mol. The number of carbonyl (C=O) groups is 3. The summed E-state index contributed by atoms with van der Waals surface area (Å²) in [5.41, 5.74) is -0.366. The van der Waals surface area contributed by atoms with Gasteiger partial charge in [-0.1, -0.05) is 30.3 Å². The van der Waals surface area contributed by atoms with Crippen LogP contribution in [0.1, 0.15) is 61.9 Å². The SMILES string of the molecule is COc1ccc(C2C(C(=O)c3ccc(C#N)cc3)C(c3ccc(C#N)cc3)N(C(=O)c3ccc(F)cc3)C2(C)C(=O)O)cc1OC. The van der Waals surface area contributed by atoms with Crippen molar-refractivity contribution >= 4 is 17.7 Å². The molecule has 0 aromatic heterocycles. The molecule has 10 heteroatoms. The Morgan fingerprint density at radius 3 is 1.83 bits per heavy atom. The largest absolute Gasteiger partial charge is 0.493 e. The maximum atomic E-state index is 14.7. The molecule has 1 aliphatic rings. The third-order valence-electron chi connectivity index (χ3n) is 8.58. The third kappa shape index (κ3) is 5.31. The molecule has 0 bridgehead atoms. The van der Waals surface area contributed by atoms with Gasteiger partial charge in [0, 0.05) is 17.0 Å². The first-order valence-corrected chi connectivity index (χ1v) is 14.2. The van der Waals surface area contributed by atoms with Crippen molar-refractivity contribution in [1.82, 2.24) is 4.90 Å². The number of hydrogen-bond acceptors (Lipinski definition) is 7. The van der Waals surface area contributed by atoms with Crippen molar-refractivity contribution in [2.75, 3.05) is 14.2 Å². The lowest BCUT2D eigenvalue weighted by molar-refractivity contribution is -0.148. The molecule has 0 radical (unpaired) electrons. The summed E-state index contributed by atoms with van der Waals surface area (Å²) in [4.78, 5) is 43.9. The molecule has 1 saturated heterocycles. The Bertz CT molecular complexity index is 1890. The molecule has 4 unspecified atom stereocenters. The van der Waals surface area contributed by atoms with Gasteiger partial charge in [0.2, 0.25) is 0 Å². The predicted octanol–water partition coefficient (Wildman–Crippen LogP) is 5.91. The van der Waals surface area contributed by atoms with Crippen molar-refractivity contribution in [3.8, 4) is 23.6 Å². The normalized spacial score (nSPS) is 20.3. The average Bonchev–Trinajstić information content (AvgIpc) is 3.37. The number of ether oxygens (including phenoxy) is 2. The molecule has 4 aromatic carbocycles. The van der Waals surface area contributed by atoms with Gasteiger partial charge >= 0.3 is 5.97 Å². The molecule has 1 fully saturated rings. The quantitative estimate of drug-likeness (QED) is 0.241. The van der Waals surface area contributed by atoms with E-state index in [1.54, 1.807) is 30.3 Å². The minimum Gasteiger partial charge on any atom is -0.493 e. The topological polar surface area (TPSA) is 141 Å². The number of carboxylic acid groups (broad SMARTS) is 1. The van der Waals surface area contributed by atoms with Crippen molar-refractivity contribution < 1.29 is 33.4 Å². The van der Waals surface area contributed by atoms with Crippen LogP contribution in [0.25, 0.3) is 0 Å². The third-order valence-corrected chi connectivity index (χ3v) is 8.58. The number of carbonyl (C=O) groups excluding carboxylic acids is 2. The molecular formula is C36H28FN3O6. The van der Waals surface area contributed by atoms with Crippen LogP contribution in [0.4, 0.5) is 4.39 Å². The Morgan fingerprint density at radius 1 is 0.783 bits per heavy atom. The highest BCUT2D eigenvalue weighted by molar-refractivity contribution is 6.04. The molecular weight excluding hydrogens is 589 g/mol. The van der Waals surface area contributed by atoms with E-state index in [1.165, 1.54) is 74.6 Å². The summed E-state index contributed by atoms with van der Waals surface area (Å²) >= 11 is 0. The number of nitriles is 2. The highest BCUT2D eigenvalue weighted by atomic mass is 19.1. The second-order valence-electron chi connectivity index (χ2n) is 11.0. The molecule has 0 saturated carbocycles. The van der Waals surface area contributed by atoms with Gasteiger partial charge in [-0.15, -0.1) is 0 Å². The first-order chi connectivity index (χ1) is 22.1. The lowest BCUT2D eigenvalue weighted by Gasteiger charge is -2.38. The van der Waals surface area contributed by atoms with E-state index >= 15 is 0 Å². The molecule has 1 heterocycles. The molecule has 0 spiro atoms. The van der Waals surface area contributed by atoms with Crippen molar-refractivity contribution in [3.05, 3.63) is 130 Å². The Hall–Kier alpha value is -6.00. The van der Waals surface area contributed by atoms with Crippen LogP contribution in [0.3, 0.4) is 0 Å². The maximum absolute atomic E-state index is 14.7. The van der Waals surface area contributed by atoms with Gasteiger partial charge in [0.15, 0.2) is 17.3 Å². The van der Waals surface area contributed by atoms with Crippen molar-refractivity contribution in [3.63, 3.8) is 0 Å². The van der Waals surface area contributed by atoms with Crippen LogP contribution >= 0.6 is 0 Å². The number of amides is 1. The van der Waals surface area contributed by atoms with Crippen LogP contribution in [0, 0.1) is 34.4 Å².